The molecular formula is C23H26N2O5. The van der Waals surface area contributed by atoms with Gasteiger partial charge in [0.2, 0.25) is 0 Å². The van der Waals surface area contributed by atoms with E-state index in [1.807, 2.05) is 0 Å². The van der Waals surface area contributed by atoms with Crippen LogP contribution >= 0.6 is 0 Å². The number of ether oxygens (including phenoxy) is 2. The van der Waals surface area contributed by atoms with Crippen LogP contribution in [0.2, 0.25) is 0 Å². The average Bonchev–Trinajstić information content (AvgIpc) is 2.78. The Kier molecular flexibility index (Phi) is 6.72. The zero-order valence-corrected chi connectivity index (χ0v) is 17.2. The van der Waals surface area contributed by atoms with Crippen molar-refractivity contribution in [1.29, 1.82) is 0 Å². The lowest BCUT2D eigenvalue weighted by atomic mass is 9.83. The van der Waals surface area contributed by atoms with Crippen molar-refractivity contribution < 1.29 is 19.2 Å². The van der Waals surface area contributed by atoms with Crippen LogP contribution in [0.15, 0.2) is 60.9 Å². The third kappa shape index (κ3) is 4.97. The van der Waals surface area contributed by atoms with Crippen molar-refractivity contribution in [2.24, 2.45) is 5.92 Å². The van der Waals surface area contributed by atoms with Gasteiger partial charge in [-0.15, -0.1) is 0 Å². The van der Waals surface area contributed by atoms with Crippen LogP contribution < -0.4 is 4.74 Å². The molecule has 2 aromatic carbocycles. The van der Waals surface area contributed by atoms with Gasteiger partial charge in [0.05, 0.1) is 17.8 Å². The first-order valence-corrected chi connectivity index (χ1v) is 9.94. The van der Waals surface area contributed by atoms with Crippen LogP contribution in [0.3, 0.4) is 0 Å². The van der Waals surface area contributed by atoms with Crippen LogP contribution in [0, 0.1) is 16.0 Å². The molecule has 0 saturated carbocycles. The molecule has 7 heteroatoms. The summed E-state index contributed by atoms with van der Waals surface area (Å²) in [5.74, 6) is 1.02. The van der Waals surface area contributed by atoms with Crippen LogP contribution in [-0.2, 0) is 11.2 Å². The first kappa shape index (κ1) is 21.4. The van der Waals surface area contributed by atoms with E-state index < -0.39 is 11.0 Å². The Morgan fingerprint density at radius 2 is 1.83 bits per heavy atom. The molecule has 1 fully saturated rings. The Labute approximate surface area is 176 Å². The van der Waals surface area contributed by atoms with Crippen LogP contribution in [0.4, 0.5) is 10.5 Å². The summed E-state index contributed by atoms with van der Waals surface area (Å²) in [6.45, 7) is 7.07. The fourth-order valence-corrected chi connectivity index (χ4v) is 3.72. The van der Waals surface area contributed by atoms with E-state index in [4.69, 9.17) is 9.47 Å². The van der Waals surface area contributed by atoms with Gasteiger partial charge in [-0.25, -0.2) is 4.79 Å². The van der Waals surface area contributed by atoms with Crippen molar-refractivity contribution in [3.05, 3.63) is 82.1 Å². The number of methoxy groups -OCH3 is 1. The number of carbonyl (C=O) groups is 1. The molecule has 0 aromatic heterocycles. The average molecular weight is 410 g/mol. The molecule has 7 nitrogen and oxygen atoms in total. The van der Waals surface area contributed by atoms with Crippen molar-refractivity contribution in [2.75, 3.05) is 20.2 Å². The number of piperidine rings is 1. The molecule has 3 rings (SSSR count). The number of likely N-dealkylation sites (tertiary alicyclic amines) is 1. The second kappa shape index (κ2) is 9.43. The summed E-state index contributed by atoms with van der Waals surface area (Å²) in [4.78, 5) is 24.8. The number of amides is 1. The number of aryl methyl sites for hydroxylation is 1. The predicted molar refractivity (Wildman–Crippen MR) is 114 cm³/mol. The van der Waals surface area contributed by atoms with Gasteiger partial charge in [-0.1, -0.05) is 37.8 Å². The molecule has 2 unspecified atom stereocenters. The molecular weight excluding hydrogens is 384 g/mol. The van der Waals surface area contributed by atoms with E-state index in [-0.39, 0.29) is 23.3 Å². The van der Waals surface area contributed by atoms with E-state index in [0.29, 0.717) is 18.8 Å². The highest BCUT2D eigenvalue weighted by molar-refractivity contribution is 5.71. The topological polar surface area (TPSA) is 81.9 Å². The minimum atomic E-state index is -0.494. The number of hydrogen-bond acceptors (Lipinski definition) is 5. The zero-order valence-electron chi connectivity index (χ0n) is 17.2. The summed E-state index contributed by atoms with van der Waals surface area (Å²) >= 11 is 0. The van der Waals surface area contributed by atoms with Gasteiger partial charge in [0.15, 0.2) is 0 Å². The lowest BCUT2D eigenvalue weighted by Crippen LogP contribution is -2.45. The van der Waals surface area contributed by atoms with Gasteiger partial charge in [-0.3, -0.25) is 10.1 Å². The Balaban J connectivity index is 1.76. The molecule has 1 amide bonds. The smallest absolute Gasteiger partial charge is 0.415 e. The molecule has 2 aromatic rings. The molecule has 0 aliphatic carbocycles. The number of non-ortho nitro benzene ring substituents is 1. The summed E-state index contributed by atoms with van der Waals surface area (Å²) in [7, 11) is 1.58. The van der Waals surface area contributed by atoms with E-state index >= 15 is 0 Å². The summed E-state index contributed by atoms with van der Waals surface area (Å²) in [5, 5.41) is 10.8. The second-order valence-electron chi connectivity index (χ2n) is 7.42. The number of benzene rings is 2. The predicted octanol–water partition coefficient (Wildman–Crippen LogP) is 4.92. The van der Waals surface area contributed by atoms with Crippen molar-refractivity contribution in [2.45, 2.75) is 25.7 Å². The Morgan fingerprint density at radius 3 is 2.40 bits per heavy atom. The highest BCUT2D eigenvalue weighted by atomic mass is 16.6. The van der Waals surface area contributed by atoms with Gasteiger partial charge in [0, 0.05) is 37.1 Å². The number of hydrogen-bond donors (Lipinski definition) is 0. The molecule has 1 saturated heterocycles. The fourth-order valence-electron chi connectivity index (χ4n) is 3.72. The molecule has 30 heavy (non-hydrogen) atoms. The maximum atomic E-state index is 12.8. The van der Waals surface area contributed by atoms with E-state index in [9.17, 15) is 14.9 Å². The normalized spacial score (nSPS) is 18.5. The molecule has 0 N–H and O–H groups in total. The Bertz CT molecular complexity index is 908. The maximum Gasteiger partial charge on any atom is 0.415 e. The Morgan fingerprint density at radius 1 is 1.17 bits per heavy atom. The molecule has 0 radical (unpaired) electrons. The molecule has 1 aliphatic rings. The van der Waals surface area contributed by atoms with Gasteiger partial charge in [-0.05, 0) is 36.1 Å². The van der Waals surface area contributed by atoms with Crippen molar-refractivity contribution in [3.8, 4) is 5.75 Å². The third-order valence-corrected chi connectivity index (χ3v) is 5.54. The SMILES string of the molecule is C=C(OC)C1CC(c2ccc(CC)cc2)CN(C(=O)Oc2ccc([N+](=O)[O-])cc2)C1. The number of nitro groups is 1. The number of carbonyl (C=O) groups excluding carboxylic acids is 1. The van der Waals surface area contributed by atoms with Crippen LogP contribution in [0.5, 0.6) is 5.75 Å². The molecule has 158 valence electrons. The summed E-state index contributed by atoms with van der Waals surface area (Å²) in [6.07, 6.45) is 1.31. The quantitative estimate of drug-likeness (QED) is 0.383. The highest BCUT2D eigenvalue weighted by Crippen LogP contribution is 2.34. The van der Waals surface area contributed by atoms with E-state index in [0.717, 1.165) is 18.4 Å². The van der Waals surface area contributed by atoms with Gasteiger partial charge in [-0.2, -0.15) is 0 Å². The molecule has 2 atom stereocenters. The van der Waals surface area contributed by atoms with Crippen molar-refractivity contribution >= 4 is 11.8 Å². The maximum absolute atomic E-state index is 12.8. The number of rotatable bonds is 6. The van der Waals surface area contributed by atoms with E-state index in [1.165, 1.54) is 29.8 Å². The van der Waals surface area contributed by atoms with Gasteiger partial charge < -0.3 is 14.4 Å². The molecule has 0 spiro atoms. The van der Waals surface area contributed by atoms with Crippen LogP contribution in [0.1, 0.15) is 30.4 Å². The van der Waals surface area contributed by atoms with E-state index in [2.05, 4.69) is 37.8 Å². The zero-order chi connectivity index (χ0) is 21.7. The molecule has 1 heterocycles. The summed E-state index contributed by atoms with van der Waals surface area (Å²) in [5.41, 5.74) is 2.37. The lowest BCUT2D eigenvalue weighted by Gasteiger charge is -2.37. The number of nitrogens with zero attached hydrogens (tertiary/aromatic N) is 2. The standard InChI is InChI=1S/C23H26N2O5/c1-4-17-5-7-18(8-6-17)20-13-19(16(2)29-3)14-24(15-20)23(26)30-22-11-9-21(10-12-22)25(27)28/h5-12,19-20H,2,4,13-15H2,1,3H3. The van der Waals surface area contributed by atoms with E-state index in [1.54, 1.807) is 12.0 Å². The molecule has 0 bridgehead atoms. The highest BCUT2D eigenvalue weighted by Gasteiger charge is 2.33. The lowest BCUT2D eigenvalue weighted by molar-refractivity contribution is -0.384. The monoisotopic (exact) mass is 410 g/mol. The summed E-state index contributed by atoms with van der Waals surface area (Å²) in [6, 6.07) is 13.9. The molecule has 1 aliphatic heterocycles. The Hall–Kier alpha value is -3.35. The first-order valence-electron chi connectivity index (χ1n) is 9.94. The van der Waals surface area contributed by atoms with Crippen LogP contribution in [0.25, 0.3) is 0 Å². The van der Waals surface area contributed by atoms with Crippen molar-refractivity contribution in [1.82, 2.24) is 4.90 Å². The van der Waals surface area contributed by atoms with Gasteiger partial charge >= 0.3 is 6.09 Å². The fraction of sp³-hybridized carbons (Fsp3) is 0.348. The minimum absolute atomic E-state index is 0.0102. The third-order valence-electron chi connectivity index (χ3n) is 5.54. The largest absolute Gasteiger partial charge is 0.501 e. The minimum Gasteiger partial charge on any atom is -0.501 e. The number of nitro benzene ring substituents is 1. The second-order valence-corrected chi connectivity index (χ2v) is 7.42. The van der Waals surface area contributed by atoms with Gasteiger partial charge in [0.25, 0.3) is 5.69 Å². The van der Waals surface area contributed by atoms with Crippen molar-refractivity contribution in [3.63, 3.8) is 0 Å². The first-order chi connectivity index (χ1) is 14.4. The summed E-state index contributed by atoms with van der Waals surface area (Å²) < 4.78 is 10.8. The van der Waals surface area contributed by atoms with Crippen LogP contribution in [-0.4, -0.2) is 36.1 Å². The van der Waals surface area contributed by atoms with Gasteiger partial charge in [0.1, 0.15) is 5.75 Å².